The topological polar surface area (TPSA) is 41.6 Å². The largest absolute Gasteiger partial charge is 0.488 e. The summed E-state index contributed by atoms with van der Waals surface area (Å²) in [6, 6.07) is 4.45. The summed E-state index contributed by atoms with van der Waals surface area (Å²) >= 11 is 0. The van der Waals surface area contributed by atoms with Gasteiger partial charge >= 0.3 is 0 Å². The molecule has 20 heavy (non-hydrogen) atoms. The van der Waals surface area contributed by atoms with Gasteiger partial charge in [0.25, 0.3) is 0 Å². The number of hydrogen-bond donors (Lipinski definition) is 1. The number of benzene rings is 1. The molecule has 108 valence electrons. The van der Waals surface area contributed by atoms with Gasteiger partial charge in [0.05, 0.1) is 12.6 Å². The zero-order valence-corrected chi connectivity index (χ0v) is 11.6. The van der Waals surface area contributed by atoms with Gasteiger partial charge in [-0.05, 0) is 38.1 Å². The Morgan fingerprint density at radius 3 is 3.20 bits per heavy atom. The van der Waals surface area contributed by atoms with Gasteiger partial charge in [-0.2, -0.15) is 0 Å². The maximum Gasteiger partial charge on any atom is 0.239 e. The van der Waals surface area contributed by atoms with E-state index >= 15 is 0 Å². The lowest BCUT2D eigenvalue weighted by molar-refractivity contribution is -0.133. The van der Waals surface area contributed by atoms with Crippen molar-refractivity contribution in [2.45, 2.75) is 31.9 Å². The van der Waals surface area contributed by atoms with Crippen molar-refractivity contribution in [3.8, 4) is 5.75 Å². The summed E-state index contributed by atoms with van der Waals surface area (Å²) in [4.78, 5) is 14.1. The molecular formula is C15H19FN2O2. The molecule has 5 heteroatoms. The minimum atomic E-state index is -0.239. The summed E-state index contributed by atoms with van der Waals surface area (Å²) in [5.74, 6) is 0.620. The van der Waals surface area contributed by atoms with Gasteiger partial charge in [-0.1, -0.05) is 0 Å². The van der Waals surface area contributed by atoms with Crippen LogP contribution in [0.15, 0.2) is 18.2 Å². The number of nitrogens with one attached hydrogen (secondary N) is 1. The van der Waals surface area contributed by atoms with Gasteiger partial charge in [-0.25, -0.2) is 4.39 Å². The third-order valence-corrected chi connectivity index (χ3v) is 3.93. The monoisotopic (exact) mass is 278 g/mol. The molecule has 0 aliphatic carbocycles. The van der Waals surface area contributed by atoms with Crippen LogP contribution in [0.1, 0.15) is 18.9 Å². The quantitative estimate of drug-likeness (QED) is 0.887. The Bertz CT molecular complexity index is 521. The van der Waals surface area contributed by atoms with E-state index in [0.717, 1.165) is 30.8 Å². The maximum atomic E-state index is 13.2. The van der Waals surface area contributed by atoms with Crippen molar-refractivity contribution in [2.24, 2.45) is 0 Å². The molecule has 1 N–H and O–H groups in total. The number of carbonyl (C=O) groups is 1. The molecule has 2 aliphatic heterocycles. The number of halogens is 1. The van der Waals surface area contributed by atoms with Gasteiger partial charge in [0, 0.05) is 18.5 Å². The zero-order valence-electron chi connectivity index (χ0n) is 11.6. The summed E-state index contributed by atoms with van der Waals surface area (Å²) < 4.78 is 19.0. The van der Waals surface area contributed by atoms with E-state index in [1.54, 1.807) is 6.07 Å². The number of rotatable bonds is 2. The zero-order chi connectivity index (χ0) is 14.1. The van der Waals surface area contributed by atoms with Crippen LogP contribution < -0.4 is 10.1 Å². The van der Waals surface area contributed by atoms with E-state index in [1.807, 2.05) is 11.8 Å². The molecule has 0 spiro atoms. The molecule has 2 atom stereocenters. The first-order valence-electron chi connectivity index (χ1n) is 7.11. The summed E-state index contributed by atoms with van der Waals surface area (Å²) in [6.07, 6.45) is 1.55. The van der Waals surface area contributed by atoms with E-state index < -0.39 is 0 Å². The van der Waals surface area contributed by atoms with Crippen LogP contribution in [0.5, 0.6) is 5.75 Å². The number of hydrogen-bond acceptors (Lipinski definition) is 3. The first-order chi connectivity index (χ1) is 9.63. The van der Waals surface area contributed by atoms with Crippen molar-refractivity contribution in [1.29, 1.82) is 0 Å². The standard InChI is InChI=1S/C15H19FN2O2/c1-10-15(19)18(6-2-5-17-10)9-13-8-11-7-12(16)3-4-14(11)20-13/h3-4,7,10,13,17H,2,5-6,8-9H2,1H3. The molecule has 1 amide bonds. The fraction of sp³-hybridized carbons (Fsp3) is 0.533. The first-order valence-corrected chi connectivity index (χ1v) is 7.11. The van der Waals surface area contributed by atoms with Gasteiger partial charge in [-0.3, -0.25) is 4.79 Å². The highest BCUT2D eigenvalue weighted by molar-refractivity contribution is 5.81. The Hall–Kier alpha value is -1.62. The fourth-order valence-corrected chi connectivity index (χ4v) is 2.88. The average Bonchev–Trinajstić information content (AvgIpc) is 2.75. The summed E-state index contributed by atoms with van der Waals surface area (Å²) in [7, 11) is 0. The highest BCUT2D eigenvalue weighted by atomic mass is 19.1. The smallest absolute Gasteiger partial charge is 0.239 e. The lowest BCUT2D eigenvalue weighted by Gasteiger charge is -2.25. The van der Waals surface area contributed by atoms with E-state index in [2.05, 4.69) is 5.32 Å². The van der Waals surface area contributed by atoms with Crippen molar-refractivity contribution in [3.05, 3.63) is 29.6 Å². The van der Waals surface area contributed by atoms with Crippen LogP contribution in [0.2, 0.25) is 0 Å². The first kappa shape index (κ1) is 13.4. The van der Waals surface area contributed by atoms with E-state index in [4.69, 9.17) is 4.74 Å². The maximum absolute atomic E-state index is 13.2. The van der Waals surface area contributed by atoms with E-state index in [1.165, 1.54) is 12.1 Å². The molecular weight excluding hydrogens is 259 g/mol. The minimum absolute atomic E-state index is 0.0685. The molecule has 2 unspecified atom stereocenters. The predicted molar refractivity (Wildman–Crippen MR) is 73.2 cm³/mol. The lowest BCUT2D eigenvalue weighted by atomic mass is 10.1. The second-order valence-electron chi connectivity index (χ2n) is 5.51. The van der Waals surface area contributed by atoms with Crippen molar-refractivity contribution < 1.29 is 13.9 Å². The number of nitrogens with zero attached hydrogens (tertiary/aromatic N) is 1. The van der Waals surface area contributed by atoms with Crippen LogP contribution in [-0.2, 0) is 11.2 Å². The molecule has 2 aliphatic rings. The Labute approximate surface area is 117 Å². The van der Waals surface area contributed by atoms with Crippen molar-refractivity contribution in [3.63, 3.8) is 0 Å². The molecule has 0 aromatic heterocycles. The number of ether oxygens (including phenoxy) is 1. The second kappa shape index (κ2) is 5.40. The van der Waals surface area contributed by atoms with Gasteiger partial charge < -0.3 is 15.0 Å². The molecule has 0 radical (unpaired) electrons. The van der Waals surface area contributed by atoms with Crippen molar-refractivity contribution >= 4 is 5.91 Å². The highest BCUT2D eigenvalue weighted by Crippen LogP contribution is 2.29. The van der Waals surface area contributed by atoms with Crippen LogP contribution in [0, 0.1) is 5.82 Å². The van der Waals surface area contributed by atoms with Crippen LogP contribution in [0.25, 0.3) is 0 Å². The molecule has 1 fully saturated rings. The van der Waals surface area contributed by atoms with Gasteiger partial charge in [0.2, 0.25) is 5.91 Å². The van der Waals surface area contributed by atoms with Gasteiger partial charge in [0.1, 0.15) is 17.7 Å². The molecule has 3 rings (SSSR count). The molecule has 4 nitrogen and oxygen atoms in total. The second-order valence-corrected chi connectivity index (χ2v) is 5.51. The summed E-state index contributed by atoms with van der Waals surface area (Å²) in [6.45, 7) is 4.07. The highest BCUT2D eigenvalue weighted by Gasteiger charge is 2.29. The molecule has 1 aromatic rings. The third-order valence-electron chi connectivity index (χ3n) is 3.93. The Morgan fingerprint density at radius 2 is 2.35 bits per heavy atom. The molecule has 1 saturated heterocycles. The number of fused-ring (bicyclic) bond motifs is 1. The number of carbonyl (C=O) groups excluding carboxylic acids is 1. The van der Waals surface area contributed by atoms with Crippen LogP contribution in [0.4, 0.5) is 4.39 Å². The molecule has 0 bridgehead atoms. The molecule has 1 aromatic carbocycles. The summed E-state index contributed by atoms with van der Waals surface area (Å²) in [5.41, 5.74) is 0.892. The van der Waals surface area contributed by atoms with E-state index in [9.17, 15) is 9.18 Å². The van der Waals surface area contributed by atoms with Crippen LogP contribution in [0.3, 0.4) is 0 Å². The SMILES string of the molecule is CC1NCCCN(CC2Cc3cc(F)ccc3O2)C1=O. The van der Waals surface area contributed by atoms with Crippen molar-refractivity contribution in [2.75, 3.05) is 19.6 Å². The van der Waals surface area contributed by atoms with Crippen LogP contribution >= 0.6 is 0 Å². The Kier molecular flexibility index (Phi) is 3.61. The van der Waals surface area contributed by atoms with Crippen LogP contribution in [-0.4, -0.2) is 42.6 Å². The van der Waals surface area contributed by atoms with Gasteiger partial charge in [0.15, 0.2) is 0 Å². The summed E-state index contributed by atoms with van der Waals surface area (Å²) in [5, 5.41) is 3.19. The Balaban J connectivity index is 1.66. The van der Waals surface area contributed by atoms with E-state index in [0.29, 0.717) is 13.0 Å². The molecule has 0 saturated carbocycles. The predicted octanol–water partition coefficient (Wildman–Crippen LogP) is 1.34. The van der Waals surface area contributed by atoms with E-state index in [-0.39, 0.29) is 23.9 Å². The average molecular weight is 278 g/mol. The third kappa shape index (κ3) is 2.63. The Morgan fingerprint density at radius 1 is 1.50 bits per heavy atom. The molecule has 2 heterocycles. The van der Waals surface area contributed by atoms with Gasteiger partial charge in [-0.15, -0.1) is 0 Å². The normalized spacial score (nSPS) is 26.1. The number of amides is 1. The van der Waals surface area contributed by atoms with Crippen molar-refractivity contribution in [1.82, 2.24) is 10.2 Å². The fourth-order valence-electron chi connectivity index (χ4n) is 2.88. The minimum Gasteiger partial charge on any atom is -0.488 e. The lowest BCUT2D eigenvalue weighted by Crippen LogP contribution is -2.45.